The molecular formula is C44H39N3O7S. The molecule has 0 radical (unpaired) electrons. The number of aromatic nitrogens is 1. The third-order valence-corrected chi connectivity index (χ3v) is 10.1. The fourth-order valence-corrected chi connectivity index (χ4v) is 7.18. The van der Waals surface area contributed by atoms with Crippen molar-refractivity contribution < 1.29 is 34.0 Å². The zero-order valence-electron chi connectivity index (χ0n) is 29.7. The number of urea groups is 1. The molecule has 5 aromatic carbocycles. The number of para-hydroxylation sites is 1. The van der Waals surface area contributed by atoms with Crippen molar-refractivity contribution in [3.05, 3.63) is 174 Å². The van der Waals surface area contributed by atoms with Gasteiger partial charge in [-0.3, -0.25) is 0 Å². The molecule has 7 rings (SSSR count). The summed E-state index contributed by atoms with van der Waals surface area (Å²) in [6.45, 7) is 0.268. The minimum absolute atomic E-state index is 0.0511. The Kier molecular flexibility index (Phi) is 12.2. The number of hydrogen-bond acceptors (Lipinski definition) is 8. The Morgan fingerprint density at radius 1 is 0.764 bits per heavy atom. The van der Waals surface area contributed by atoms with Gasteiger partial charge in [0.1, 0.15) is 16.5 Å². The van der Waals surface area contributed by atoms with Crippen molar-refractivity contribution in [3.63, 3.8) is 0 Å². The number of carboxylic acid groups (broad SMARTS) is 1. The number of nitrogens with one attached hydrogen (secondary N) is 2. The molecule has 4 N–H and O–H groups in total. The molecule has 278 valence electrons. The van der Waals surface area contributed by atoms with E-state index in [9.17, 15) is 19.8 Å². The normalized spacial score (nSPS) is 16.6. The number of aliphatic hydroxyl groups is 1. The number of anilines is 1. The summed E-state index contributed by atoms with van der Waals surface area (Å²) in [5.41, 5.74) is 6.23. The molecule has 0 unspecified atom stereocenters. The maximum Gasteiger partial charge on any atom is 0.338 e. The van der Waals surface area contributed by atoms with Crippen LogP contribution in [0.15, 0.2) is 151 Å². The highest BCUT2D eigenvalue weighted by atomic mass is 32.2. The maximum absolute atomic E-state index is 12.8. The van der Waals surface area contributed by atoms with Gasteiger partial charge in [-0.25, -0.2) is 14.6 Å². The molecule has 0 aliphatic carbocycles. The molecule has 3 atom stereocenters. The van der Waals surface area contributed by atoms with E-state index in [1.807, 2.05) is 103 Å². The summed E-state index contributed by atoms with van der Waals surface area (Å²) < 4.78 is 18.9. The summed E-state index contributed by atoms with van der Waals surface area (Å²) in [6, 6.07) is 43.1. The Balaban J connectivity index is 1.01. The van der Waals surface area contributed by atoms with Gasteiger partial charge in [-0.05, 0) is 88.5 Å². The number of rotatable bonds is 13. The Labute approximate surface area is 323 Å². The first kappa shape index (κ1) is 37.3. The highest BCUT2D eigenvalue weighted by molar-refractivity contribution is 7.99. The number of aromatic carboxylic acids is 1. The number of hydrogen-bond donors (Lipinski definition) is 4. The second kappa shape index (κ2) is 17.9. The van der Waals surface area contributed by atoms with Gasteiger partial charge in [-0.1, -0.05) is 78.9 Å². The quantitative estimate of drug-likeness (QED) is 0.0850. The Bertz CT molecular complexity index is 2220. The topological polar surface area (TPSA) is 139 Å². The smallest absolute Gasteiger partial charge is 0.338 e. The van der Waals surface area contributed by atoms with Gasteiger partial charge in [-0.15, -0.1) is 11.8 Å². The lowest BCUT2D eigenvalue weighted by atomic mass is 9.99. The highest BCUT2D eigenvalue weighted by Crippen LogP contribution is 2.40. The number of carboxylic acids is 1. The molecule has 55 heavy (non-hydrogen) atoms. The summed E-state index contributed by atoms with van der Waals surface area (Å²) in [5, 5.41) is 25.5. The largest absolute Gasteiger partial charge is 0.478 e. The monoisotopic (exact) mass is 753 g/mol. The average Bonchev–Trinajstić information content (AvgIpc) is 3.23. The molecule has 2 heterocycles. The predicted octanol–water partition coefficient (Wildman–Crippen LogP) is 9.39. The summed E-state index contributed by atoms with van der Waals surface area (Å²) in [4.78, 5) is 28.9. The van der Waals surface area contributed by atoms with E-state index in [0.717, 1.165) is 39.1 Å². The van der Waals surface area contributed by atoms with Crippen molar-refractivity contribution in [1.82, 2.24) is 10.3 Å². The van der Waals surface area contributed by atoms with Crippen LogP contribution in [0.4, 0.5) is 10.5 Å². The van der Waals surface area contributed by atoms with Gasteiger partial charge in [-0.2, -0.15) is 0 Å². The van der Waals surface area contributed by atoms with Crippen molar-refractivity contribution in [3.8, 4) is 22.6 Å². The first-order valence-corrected chi connectivity index (χ1v) is 18.8. The molecule has 0 saturated carbocycles. The number of thioether (sulfide) groups is 1. The Hall–Kier alpha value is -5.98. The third-order valence-electron chi connectivity index (χ3n) is 8.99. The average molecular weight is 754 g/mol. The predicted molar refractivity (Wildman–Crippen MR) is 211 cm³/mol. The highest BCUT2D eigenvalue weighted by Gasteiger charge is 2.33. The van der Waals surface area contributed by atoms with Gasteiger partial charge in [0.15, 0.2) is 6.29 Å². The molecule has 10 nitrogen and oxygen atoms in total. The molecule has 0 bridgehead atoms. The number of pyridine rings is 1. The fourth-order valence-electron chi connectivity index (χ4n) is 6.18. The van der Waals surface area contributed by atoms with Gasteiger partial charge >= 0.3 is 12.0 Å². The second-order valence-corrected chi connectivity index (χ2v) is 13.9. The van der Waals surface area contributed by atoms with Crippen LogP contribution in [0.3, 0.4) is 0 Å². The van der Waals surface area contributed by atoms with Gasteiger partial charge in [0, 0.05) is 36.2 Å². The second-order valence-electron chi connectivity index (χ2n) is 12.9. The molecule has 1 fully saturated rings. The van der Waals surface area contributed by atoms with Crippen LogP contribution in [0.1, 0.15) is 51.4 Å². The summed E-state index contributed by atoms with van der Waals surface area (Å²) >= 11 is 1.35. The molecule has 1 saturated heterocycles. The van der Waals surface area contributed by atoms with E-state index in [1.54, 1.807) is 42.6 Å². The molecule has 11 heteroatoms. The molecule has 1 aliphatic rings. The van der Waals surface area contributed by atoms with Crippen LogP contribution in [0, 0.1) is 0 Å². The van der Waals surface area contributed by atoms with Gasteiger partial charge in [0.2, 0.25) is 0 Å². The lowest BCUT2D eigenvalue weighted by molar-refractivity contribution is -0.245. The van der Waals surface area contributed by atoms with Gasteiger partial charge < -0.3 is 35.1 Å². The van der Waals surface area contributed by atoms with Crippen LogP contribution in [-0.4, -0.2) is 39.1 Å². The van der Waals surface area contributed by atoms with Crippen LogP contribution in [0.2, 0.25) is 0 Å². The Morgan fingerprint density at radius 3 is 2.27 bits per heavy atom. The van der Waals surface area contributed by atoms with Crippen molar-refractivity contribution in [2.24, 2.45) is 0 Å². The van der Waals surface area contributed by atoms with E-state index in [4.69, 9.17) is 14.2 Å². The van der Waals surface area contributed by atoms with Crippen LogP contribution in [0.25, 0.3) is 11.1 Å². The van der Waals surface area contributed by atoms with Crippen LogP contribution in [-0.2, 0) is 22.6 Å². The minimum atomic E-state index is -1.03. The van der Waals surface area contributed by atoms with Crippen LogP contribution >= 0.6 is 11.8 Å². The van der Waals surface area contributed by atoms with E-state index in [0.29, 0.717) is 35.2 Å². The van der Waals surface area contributed by atoms with E-state index >= 15 is 0 Å². The van der Waals surface area contributed by atoms with E-state index in [2.05, 4.69) is 15.6 Å². The molecule has 6 aromatic rings. The third kappa shape index (κ3) is 9.97. The van der Waals surface area contributed by atoms with Crippen LogP contribution < -0.4 is 15.4 Å². The lowest BCUT2D eigenvalue weighted by Gasteiger charge is -2.36. The Morgan fingerprint density at radius 2 is 1.51 bits per heavy atom. The lowest BCUT2D eigenvalue weighted by Crippen LogP contribution is -2.31. The first-order chi connectivity index (χ1) is 26.9. The standard InChI is InChI=1S/C44H39N3O7S/c48-27-29-14-16-31(17-15-29)40-25-38(28-55-41-39(42(49)50)13-6-22-45-41)53-43(54-40)34-10-5-9-33(24-34)32-8-4-7-30(23-32)26-46-44(51)47-35-18-20-37(21-19-35)52-36-11-2-1-3-12-36/h1-24,38,40,43,48H,25-28H2,(H,49,50)(H2,46,47,51)/t38-,40+,43+/m0/s1. The van der Waals surface area contributed by atoms with Crippen LogP contribution in [0.5, 0.6) is 11.5 Å². The molecule has 2 amide bonds. The zero-order valence-corrected chi connectivity index (χ0v) is 30.5. The number of nitrogens with zero attached hydrogens (tertiary/aromatic N) is 1. The molecular weight excluding hydrogens is 715 g/mol. The number of ether oxygens (including phenoxy) is 3. The molecule has 0 spiro atoms. The van der Waals surface area contributed by atoms with Crippen molar-refractivity contribution in [2.45, 2.75) is 43.1 Å². The van der Waals surface area contributed by atoms with Gasteiger partial charge in [0.25, 0.3) is 0 Å². The van der Waals surface area contributed by atoms with Crippen molar-refractivity contribution in [1.29, 1.82) is 0 Å². The number of carbonyl (C=O) groups excluding carboxylic acids is 1. The number of benzene rings is 5. The van der Waals surface area contributed by atoms with Crippen molar-refractivity contribution >= 4 is 29.4 Å². The minimum Gasteiger partial charge on any atom is -0.478 e. The van der Waals surface area contributed by atoms with E-state index < -0.39 is 12.3 Å². The number of aliphatic hydroxyl groups excluding tert-OH is 1. The summed E-state index contributed by atoms with van der Waals surface area (Å²) in [5.74, 6) is 0.849. The SMILES string of the molecule is O=C(NCc1cccc(-c2cccc([C@@H]3O[C@H](CSc4ncccc4C(=O)O)C[C@H](c4ccc(CO)cc4)O3)c2)c1)Nc1ccc(Oc2ccccc2)cc1. The summed E-state index contributed by atoms with van der Waals surface area (Å²) in [7, 11) is 0. The zero-order chi connectivity index (χ0) is 38.0. The number of amides is 2. The van der Waals surface area contributed by atoms with Gasteiger partial charge in [0.05, 0.1) is 24.4 Å². The summed E-state index contributed by atoms with van der Waals surface area (Å²) in [6.07, 6.45) is 0.858. The fraction of sp³-hybridized carbons (Fsp3) is 0.159. The molecule has 1 aromatic heterocycles. The van der Waals surface area contributed by atoms with E-state index in [1.165, 1.54) is 11.8 Å². The van der Waals surface area contributed by atoms with Crippen molar-refractivity contribution in [2.75, 3.05) is 11.1 Å². The maximum atomic E-state index is 12.8. The molecule has 1 aliphatic heterocycles. The van der Waals surface area contributed by atoms with E-state index in [-0.39, 0.29) is 30.4 Å². The first-order valence-electron chi connectivity index (χ1n) is 17.8. The number of carbonyl (C=O) groups is 2.